The maximum atomic E-state index is 11.6. The van der Waals surface area contributed by atoms with Crippen molar-refractivity contribution in [2.24, 2.45) is 0 Å². The van der Waals surface area contributed by atoms with E-state index in [1.807, 2.05) is 60.7 Å². The van der Waals surface area contributed by atoms with E-state index >= 15 is 0 Å². The maximum Gasteiger partial charge on any atom is 0.238 e. The molecule has 0 fully saturated rings. The van der Waals surface area contributed by atoms with Crippen molar-refractivity contribution in [3.63, 3.8) is 0 Å². The molecule has 0 aliphatic carbocycles. The molecule has 0 radical (unpaired) electrons. The van der Waals surface area contributed by atoms with Gasteiger partial charge in [0.15, 0.2) is 0 Å². The Hall–Kier alpha value is -3.19. The fraction of sp³-hybridized carbons (Fsp3) is 0.150. The Morgan fingerprint density at radius 1 is 1.00 bits per heavy atom. The van der Waals surface area contributed by atoms with Crippen molar-refractivity contribution < 1.29 is 4.79 Å². The number of rotatable bonds is 5. The second-order valence-corrected chi connectivity index (χ2v) is 5.54. The van der Waals surface area contributed by atoms with Crippen molar-refractivity contribution in [2.75, 3.05) is 5.32 Å². The summed E-state index contributed by atoms with van der Waals surface area (Å²) >= 11 is 0. The fourth-order valence-corrected chi connectivity index (χ4v) is 2.64. The summed E-state index contributed by atoms with van der Waals surface area (Å²) in [5, 5.41) is 12.5. The number of carbonyl (C=O) groups is 1. The first kappa shape index (κ1) is 15.7. The Bertz CT molecular complexity index is 912. The van der Waals surface area contributed by atoms with E-state index < -0.39 is 0 Å². The number of para-hydroxylation sites is 2. The molecule has 1 aromatic heterocycles. The molecule has 1 N–H and O–H groups in total. The molecule has 0 saturated carbocycles. The minimum atomic E-state index is -0.284. The summed E-state index contributed by atoms with van der Waals surface area (Å²) in [6.07, 6.45) is 1.42. The third-order valence-corrected chi connectivity index (χ3v) is 3.84. The van der Waals surface area contributed by atoms with Gasteiger partial charge in [-0.2, -0.15) is 5.26 Å². The normalized spacial score (nSPS) is 10.3. The summed E-state index contributed by atoms with van der Waals surface area (Å²) in [4.78, 5) is 16.3. The van der Waals surface area contributed by atoms with Crippen molar-refractivity contribution in [1.29, 1.82) is 5.26 Å². The summed E-state index contributed by atoms with van der Waals surface area (Å²) in [6.45, 7) is 0. The zero-order valence-corrected chi connectivity index (χ0v) is 13.2. The first-order chi connectivity index (χ1) is 11.8. The van der Waals surface area contributed by atoms with Gasteiger partial charge >= 0.3 is 0 Å². The number of anilines is 1. The molecule has 0 atom stereocenters. The van der Waals surface area contributed by atoms with Crippen molar-refractivity contribution >= 4 is 22.5 Å². The van der Waals surface area contributed by atoms with Crippen LogP contribution in [-0.4, -0.2) is 10.9 Å². The van der Waals surface area contributed by atoms with Crippen LogP contribution in [0.3, 0.4) is 0 Å². The van der Waals surface area contributed by atoms with E-state index in [1.165, 1.54) is 0 Å². The van der Waals surface area contributed by atoms with Crippen LogP contribution in [0.4, 0.5) is 5.69 Å². The second kappa shape index (κ2) is 7.38. The number of benzene rings is 2. The highest BCUT2D eigenvalue weighted by atomic mass is 16.1. The Morgan fingerprint density at radius 3 is 2.67 bits per heavy atom. The number of pyridine rings is 1. The fourth-order valence-electron chi connectivity index (χ4n) is 2.64. The minimum absolute atomic E-state index is 0.138. The number of hydrogen-bond donors (Lipinski definition) is 1. The predicted octanol–water partition coefficient (Wildman–Crippen LogP) is 3.87. The van der Waals surface area contributed by atoms with E-state index in [2.05, 4.69) is 16.4 Å². The van der Waals surface area contributed by atoms with E-state index in [9.17, 15) is 4.79 Å². The van der Waals surface area contributed by atoms with Gasteiger partial charge in [-0.15, -0.1) is 0 Å². The highest BCUT2D eigenvalue weighted by molar-refractivity contribution is 5.92. The van der Waals surface area contributed by atoms with Gasteiger partial charge in [0.1, 0.15) is 6.42 Å². The molecule has 1 heterocycles. The molecule has 0 bridgehead atoms. The van der Waals surface area contributed by atoms with Crippen molar-refractivity contribution in [1.82, 2.24) is 4.98 Å². The summed E-state index contributed by atoms with van der Waals surface area (Å²) in [5.41, 5.74) is 3.81. The van der Waals surface area contributed by atoms with Gasteiger partial charge in [0.2, 0.25) is 5.91 Å². The van der Waals surface area contributed by atoms with Crippen molar-refractivity contribution in [3.8, 4) is 6.07 Å². The molecular weight excluding hydrogens is 298 g/mol. The van der Waals surface area contributed by atoms with E-state index in [0.29, 0.717) is 0 Å². The Balaban J connectivity index is 1.74. The number of hydrogen-bond acceptors (Lipinski definition) is 3. The van der Waals surface area contributed by atoms with Crippen LogP contribution < -0.4 is 5.32 Å². The lowest BCUT2D eigenvalue weighted by Crippen LogP contribution is -2.12. The lowest BCUT2D eigenvalue weighted by Gasteiger charge is -2.10. The van der Waals surface area contributed by atoms with Crippen LogP contribution >= 0.6 is 0 Å². The second-order valence-electron chi connectivity index (χ2n) is 5.54. The molecule has 0 saturated heterocycles. The Morgan fingerprint density at radius 2 is 1.79 bits per heavy atom. The minimum Gasteiger partial charge on any atom is -0.325 e. The van der Waals surface area contributed by atoms with E-state index in [4.69, 9.17) is 5.26 Å². The van der Waals surface area contributed by atoms with E-state index in [0.717, 1.165) is 40.7 Å². The van der Waals surface area contributed by atoms with Gasteiger partial charge < -0.3 is 5.32 Å². The quantitative estimate of drug-likeness (QED) is 0.777. The summed E-state index contributed by atoms with van der Waals surface area (Å²) < 4.78 is 0. The molecule has 1 amide bonds. The summed E-state index contributed by atoms with van der Waals surface area (Å²) in [5.74, 6) is -0.284. The van der Waals surface area contributed by atoms with E-state index in [1.54, 1.807) is 0 Å². The zero-order valence-electron chi connectivity index (χ0n) is 13.2. The average Bonchev–Trinajstić information content (AvgIpc) is 2.61. The first-order valence-electron chi connectivity index (χ1n) is 7.85. The third-order valence-electron chi connectivity index (χ3n) is 3.84. The SMILES string of the molecule is N#CCC(=O)Nc1ccccc1CCc1ccc2ccccc2n1. The Labute approximate surface area is 140 Å². The van der Waals surface area contributed by atoms with Gasteiger partial charge in [0, 0.05) is 16.8 Å². The van der Waals surface area contributed by atoms with Crippen molar-refractivity contribution in [2.45, 2.75) is 19.3 Å². The van der Waals surface area contributed by atoms with Gasteiger partial charge in [-0.3, -0.25) is 9.78 Å². The molecule has 4 heteroatoms. The van der Waals surface area contributed by atoms with Crippen LogP contribution in [0.1, 0.15) is 17.7 Å². The van der Waals surface area contributed by atoms with E-state index in [-0.39, 0.29) is 12.3 Å². The molecular formula is C20H17N3O. The number of nitriles is 1. The number of fused-ring (bicyclic) bond motifs is 1. The molecule has 0 spiro atoms. The summed E-state index contributed by atoms with van der Waals surface area (Å²) in [7, 11) is 0. The largest absolute Gasteiger partial charge is 0.325 e. The molecule has 24 heavy (non-hydrogen) atoms. The Kier molecular flexibility index (Phi) is 4.83. The zero-order chi connectivity index (χ0) is 16.8. The topological polar surface area (TPSA) is 65.8 Å². The molecule has 0 aliphatic rings. The molecule has 118 valence electrons. The molecule has 0 unspecified atom stereocenters. The van der Waals surface area contributed by atoms with Crippen LogP contribution in [0.15, 0.2) is 60.7 Å². The maximum absolute atomic E-state index is 11.6. The number of nitrogens with zero attached hydrogens (tertiary/aromatic N) is 2. The predicted molar refractivity (Wildman–Crippen MR) is 94.5 cm³/mol. The van der Waals surface area contributed by atoms with Crippen LogP contribution in [0.25, 0.3) is 10.9 Å². The van der Waals surface area contributed by atoms with Gasteiger partial charge in [0.25, 0.3) is 0 Å². The number of aryl methyl sites for hydroxylation is 2. The van der Waals surface area contributed by atoms with Gasteiger partial charge in [-0.25, -0.2) is 0 Å². The number of nitrogens with one attached hydrogen (secondary N) is 1. The molecule has 0 aliphatic heterocycles. The van der Waals surface area contributed by atoms with Crippen LogP contribution in [0.2, 0.25) is 0 Å². The standard InChI is InChI=1S/C20H17N3O/c21-14-13-20(24)23-19-8-4-2-6-16(19)10-12-17-11-9-15-5-1-3-7-18(15)22-17/h1-9,11H,10,12-13H2,(H,23,24). The van der Waals surface area contributed by atoms with Gasteiger partial charge in [0.05, 0.1) is 11.6 Å². The summed E-state index contributed by atoms with van der Waals surface area (Å²) in [6, 6.07) is 21.7. The first-order valence-corrected chi connectivity index (χ1v) is 7.85. The lowest BCUT2D eigenvalue weighted by atomic mass is 10.0. The number of aromatic nitrogens is 1. The highest BCUT2D eigenvalue weighted by Gasteiger charge is 2.07. The number of carbonyl (C=O) groups excluding carboxylic acids is 1. The average molecular weight is 315 g/mol. The van der Waals surface area contributed by atoms with Crippen LogP contribution in [0, 0.1) is 11.3 Å². The number of amides is 1. The van der Waals surface area contributed by atoms with Gasteiger partial charge in [-0.05, 0) is 36.6 Å². The lowest BCUT2D eigenvalue weighted by molar-refractivity contribution is -0.115. The monoisotopic (exact) mass is 315 g/mol. The van der Waals surface area contributed by atoms with Crippen LogP contribution in [-0.2, 0) is 17.6 Å². The van der Waals surface area contributed by atoms with Crippen molar-refractivity contribution in [3.05, 3.63) is 71.9 Å². The highest BCUT2D eigenvalue weighted by Crippen LogP contribution is 2.18. The van der Waals surface area contributed by atoms with Crippen LogP contribution in [0.5, 0.6) is 0 Å². The molecule has 2 aromatic carbocycles. The third kappa shape index (κ3) is 3.76. The molecule has 4 nitrogen and oxygen atoms in total. The molecule has 3 aromatic rings. The smallest absolute Gasteiger partial charge is 0.238 e. The van der Waals surface area contributed by atoms with Gasteiger partial charge in [-0.1, -0.05) is 42.5 Å². The molecule has 3 rings (SSSR count).